The van der Waals surface area contributed by atoms with Crippen LogP contribution >= 0.6 is 11.3 Å². The molecule has 3 nitrogen and oxygen atoms in total. The first kappa shape index (κ1) is 34.5. The number of imidazole rings is 1. The standard InChI is InChI=1S/C10H8.C8H7N.C7H6N2.C6H5.C4H3S.2Y/c1-2-6-10-8-4-3-7-9(10)5-1;1-2-6-9-7-3-5-8(9)4-1;1-2-5-9-6-4-8-7(9)3-1;1-2-4-6-5-3-1;1-2-4-5-3-1;;/h1-8H;1-7H;1-6H;1-5H;1,3-4H;;/q;;;2*-1;;. The summed E-state index contributed by atoms with van der Waals surface area (Å²) in [7, 11) is 0. The summed E-state index contributed by atoms with van der Waals surface area (Å²) in [4.78, 5) is 4.08. The molecular weight excluding hydrogens is 672 g/mol. The zero-order valence-corrected chi connectivity index (χ0v) is 29.1. The Balaban J connectivity index is 0.000000181. The fraction of sp³-hybridized carbons (Fsp3) is 0. The molecule has 0 aliphatic rings. The third-order valence-electron chi connectivity index (χ3n) is 5.38. The number of rotatable bonds is 0. The quantitative estimate of drug-likeness (QED) is 0.145. The van der Waals surface area contributed by atoms with E-state index in [0.717, 1.165) is 5.65 Å². The van der Waals surface area contributed by atoms with Gasteiger partial charge in [0.2, 0.25) is 0 Å². The van der Waals surface area contributed by atoms with Crippen LogP contribution in [-0.2, 0) is 65.4 Å². The van der Waals surface area contributed by atoms with Gasteiger partial charge in [-0.2, -0.15) is 41.8 Å². The molecule has 8 rings (SSSR count). The molecule has 41 heavy (non-hydrogen) atoms. The summed E-state index contributed by atoms with van der Waals surface area (Å²) in [5.74, 6) is 0. The predicted octanol–water partition coefficient (Wildman–Crippen LogP) is 9.14. The van der Waals surface area contributed by atoms with Crippen LogP contribution in [-0.4, -0.2) is 13.8 Å². The van der Waals surface area contributed by atoms with Crippen molar-refractivity contribution in [2.24, 2.45) is 0 Å². The summed E-state index contributed by atoms with van der Waals surface area (Å²) in [6.45, 7) is 0. The minimum absolute atomic E-state index is 0. The monoisotopic (exact) mass is 701 g/mol. The van der Waals surface area contributed by atoms with Crippen molar-refractivity contribution < 1.29 is 65.4 Å². The fourth-order valence-corrected chi connectivity index (χ4v) is 3.91. The summed E-state index contributed by atoms with van der Waals surface area (Å²) in [6.07, 6.45) is 9.76. The van der Waals surface area contributed by atoms with Crippen LogP contribution in [0, 0.1) is 12.1 Å². The SMILES string of the molecule is [Y].[Y].[c-]1ccccc1.[c-]1ccsc1.c1ccc2ccccc2c1.c1ccn2cccc2c1.c1ccn2ccnc2c1. The number of nitrogens with zero attached hydrogens (tertiary/aromatic N) is 3. The van der Waals surface area contributed by atoms with Crippen LogP contribution in [0.25, 0.3) is 21.9 Å². The third kappa shape index (κ3) is 12.8. The summed E-state index contributed by atoms with van der Waals surface area (Å²) < 4.78 is 4.06. The second-order valence-electron chi connectivity index (χ2n) is 8.08. The number of hydrogen-bond acceptors (Lipinski definition) is 2. The molecule has 5 aromatic heterocycles. The van der Waals surface area contributed by atoms with E-state index in [1.54, 1.807) is 17.5 Å². The van der Waals surface area contributed by atoms with Crippen LogP contribution in [0.15, 0.2) is 175 Å². The molecule has 0 bridgehead atoms. The van der Waals surface area contributed by atoms with Gasteiger partial charge in [-0.05, 0) is 47.2 Å². The Morgan fingerprint density at radius 1 is 0.512 bits per heavy atom. The minimum atomic E-state index is 0. The molecule has 0 spiro atoms. The van der Waals surface area contributed by atoms with E-state index >= 15 is 0 Å². The van der Waals surface area contributed by atoms with Gasteiger partial charge in [0.1, 0.15) is 5.65 Å². The first-order chi connectivity index (χ1) is 19.4. The topological polar surface area (TPSA) is 21.7 Å². The fourth-order valence-electron chi connectivity index (χ4n) is 3.52. The van der Waals surface area contributed by atoms with Gasteiger partial charge in [0.25, 0.3) is 0 Å². The molecule has 0 amide bonds. The van der Waals surface area contributed by atoms with Gasteiger partial charge in [0.15, 0.2) is 0 Å². The summed E-state index contributed by atoms with van der Waals surface area (Å²) in [5.41, 5.74) is 2.25. The molecule has 0 N–H and O–H groups in total. The van der Waals surface area contributed by atoms with E-state index in [4.69, 9.17) is 0 Å². The largest absolute Gasteiger partial charge is 0.324 e. The number of fused-ring (bicyclic) bond motifs is 3. The van der Waals surface area contributed by atoms with Gasteiger partial charge in [-0.1, -0.05) is 60.7 Å². The van der Waals surface area contributed by atoms with Crippen LogP contribution in [0.5, 0.6) is 0 Å². The Bertz CT molecular complexity index is 1490. The van der Waals surface area contributed by atoms with Crippen molar-refractivity contribution >= 4 is 33.3 Å². The molecule has 3 aromatic carbocycles. The van der Waals surface area contributed by atoms with Gasteiger partial charge in [0.05, 0.1) is 0 Å². The molecule has 0 aliphatic carbocycles. The Hall–Kier alpha value is -2.72. The second kappa shape index (κ2) is 21.0. The third-order valence-corrected chi connectivity index (χ3v) is 5.95. The minimum Gasteiger partial charge on any atom is -0.324 e. The Morgan fingerprint density at radius 2 is 1.10 bits per heavy atom. The Morgan fingerprint density at radius 3 is 1.59 bits per heavy atom. The van der Waals surface area contributed by atoms with Crippen LogP contribution in [0.2, 0.25) is 0 Å². The maximum absolute atomic E-state index is 4.08. The molecule has 0 fully saturated rings. The van der Waals surface area contributed by atoms with E-state index in [2.05, 4.69) is 82.2 Å². The van der Waals surface area contributed by atoms with Crippen molar-refractivity contribution in [1.82, 2.24) is 13.8 Å². The summed E-state index contributed by atoms with van der Waals surface area (Å²) in [6, 6.07) is 50.2. The smallest absolute Gasteiger partial charge is 0.136 e. The number of benzene rings is 3. The molecule has 0 atom stereocenters. The first-order valence-electron chi connectivity index (χ1n) is 12.5. The van der Waals surface area contributed by atoms with Crippen LogP contribution in [0.3, 0.4) is 0 Å². The van der Waals surface area contributed by atoms with E-state index < -0.39 is 0 Å². The molecule has 8 aromatic rings. The van der Waals surface area contributed by atoms with Crippen LogP contribution in [0.4, 0.5) is 0 Å². The van der Waals surface area contributed by atoms with E-state index in [1.165, 1.54) is 16.3 Å². The van der Waals surface area contributed by atoms with E-state index in [-0.39, 0.29) is 65.4 Å². The van der Waals surface area contributed by atoms with Crippen LogP contribution < -0.4 is 0 Å². The average Bonchev–Trinajstić information content (AvgIpc) is 3.83. The zero-order chi connectivity index (χ0) is 26.8. The molecule has 0 unspecified atom stereocenters. The number of pyridine rings is 2. The van der Waals surface area contributed by atoms with Gasteiger partial charge in [0, 0.05) is 102 Å². The molecular formula is C35H29N3SY2-2. The predicted molar refractivity (Wildman–Crippen MR) is 165 cm³/mol. The Labute approximate surface area is 296 Å². The van der Waals surface area contributed by atoms with Crippen molar-refractivity contribution in [2.75, 3.05) is 0 Å². The van der Waals surface area contributed by atoms with Gasteiger partial charge in [-0.25, -0.2) is 17.1 Å². The normalized spacial score (nSPS) is 9.07. The van der Waals surface area contributed by atoms with Crippen molar-refractivity contribution in [3.8, 4) is 0 Å². The maximum Gasteiger partial charge on any atom is 0.136 e. The zero-order valence-electron chi connectivity index (χ0n) is 22.6. The van der Waals surface area contributed by atoms with Crippen molar-refractivity contribution in [3.05, 3.63) is 187 Å². The molecule has 2 radical (unpaired) electrons. The number of thiophene rings is 1. The van der Waals surface area contributed by atoms with Gasteiger partial charge < -0.3 is 8.80 Å². The summed E-state index contributed by atoms with van der Waals surface area (Å²) in [5, 5.41) is 6.52. The van der Waals surface area contributed by atoms with Crippen molar-refractivity contribution in [1.29, 1.82) is 0 Å². The molecule has 0 saturated carbocycles. The van der Waals surface area contributed by atoms with Gasteiger partial charge in [-0.3, -0.25) is 11.3 Å². The molecule has 0 aliphatic heterocycles. The van der Waals surface area contributed by atoms with E-state index in [1.807, 2.05) is 113 Å². The van der Waals surface area contributed by atoms with E-state index in [0.29, 0.717) is 0 Å². The molecule has 198 valence electrons. The average molecular weight is 702 g/mol. The first-order valence-corrected chi connectivity index (χ1v) is 13.5. The Kier molecular flexibility index (Phi) is 17.7. The molecule has 6 heteroatoms. The van der Waals surface area contributed by atoms with E-state index in [9.17, 15) is 0 Å². The molecule has 0 saturated heterocycles. The second-order valence-corrected chi connectivity index (χ2v) is 8.86. The van der Waals surface area contributed by atoms with Crippen molar-refractivity contribution in [2.45, 2.75) is 0 Å². The van der Waals surface area contributed by atoms with Crippen molar-refractivity contribution in [3.63, 3.8) is 0 Å². The molecule has 5 heterocycles. The maximum atomic E-state index is 4.08. The summed E-state index contributed by atoms with van der Waals surface area (Å²) >= 11 is 1.66. The van der Waals surface area contributed by atoms with Gasteiger partial charge in [-0.15, -0.1) is 5.38 Å². The van der Waals surface area contributed by atoms with Crippen LogP contribution in [0.1, 0.15) is 0 Å². The number of hydrogen-bond donors (Lipinski definition) is 0. The van der Waals surface area contributed by atoms with Gasteiger partial charge >= 0.3 is 0 Å². The number of aromatic nitrogens is 3.